The number of unbranched alkanes of at least 4 members (excludes halogenated alkanes) is 32. The van der Waals surface area contributed by atoms with E-state index in [9.17, 15) is 14.4 Å². The van der Waals surface area contributed by atoms with Crippen molar-refractivity contribution in [3.8, 4) is 0 Å². The number of carbonyl (C=O) groups is 3. The lowest BCUT2D eigenvalue weighted by atomic mass is 10.0. The molecule has 0 spiro atoms. The Morgan fingerprint density at radius 2 is 0.585 bits per heavy atom. The number of ether oxygens (including phenoxy) is 3. The first-order valence-corrected chi connectivity index (χ1v) is 28.1. The lowest BCUT2D eigenvalue weighted by Gasteiger charge is -2.18. The second-order valence-electron chi connectivity index (χ2n) is 18.8. The van der Waals surface area contributed by atoms with E-state index in [0.29, 0.717) is 19.3 Å². The highest BCUT2D eigenvalue weighted by Crippen LogP contribution is 2.16. The maximum atomic E-state index is 12.8. The standard InChI is InChI=1S/C59H106O6/c1-4-7-10-13-16-19-22-24-26-28-29-30-31-32-34-35-37-40-43-46-49-52-58(61)64-55-56(54-63-57(60)51-48-45-42-39-21-18-15-12-9-6-3)65-59(62)53-50-47-44-41-38-36-33-27-25-23-20-17-14-11-8-5-2/h12,15,22,24,28-29,31-32,56H,4-11,13-14,16-21,23,25-27,30,33-55H2,1-3H3/b15-12-,24-22-,29-28-,32-31-. The van der Waals surface area contributed by atoms with Gasteiger partial charge in [0.15, 0.2) is 6.10 Å². The summed E-state index contributed by atoms with van der Waals surface area (Å²) in [5.74, 6) is -0.890. The van der Waals surface area contributed by atoms with Crippen LogP contribution in [0, 0.1) is 0 Å². The molecule has 0 heterocycles. The summed E-state index contributed by atoms with van der Waals surface area (Å²) in [6.07, 6.45) is 65.3. The lowest BCUT2D eigenvalue weighted by molar-refractivity contribution is -0.167. The third-order valence-corrected chi connectivity index (χ3v) is 12.3. The van der Waals surface area contributed by atoms with Gasteiger partial charge in [-0.3, -0.25) is 14.4 Å². The summed E-state index contributed by atoms with van der Waals surface area (Å²) < 4.78 is 16.8. The number of allylic oxidation sites excluding steroid dienone is 8. The van der Waals surface area contributed by atoms with Gasteiger partial charge in [-0.25, -0.2) is 0 Å². The number of esters is 3. The maximum absolute atomic E-state index is 12.8. The van der Waals surface area contributed by atoms with E-state index in [4.69, 9.17) is 14.2 Å². The van der Waals surface area contributed by atoms with Crippen LogP contribution in [0.4, 0.5) is 0 Å². The molecule has 0 aromatic rings. The second-order valence-corrected chi connectivity index (χ2v) is 18.8. The van der Waals surface area contributed by atoms with Crippen molar-refractivity contribution in [3.05, 3.63) is 48.6 Å². The Hall–Kier alpha value is -2.63. The number of hydrogen-bond acceptors (Lipinski definition) is 6. The summed E-state index contributed by atoms with van der Waals surface area (Å²) in [6.45, 7) is 6.58. The van der Waals surface area contributed by atoms with E-state index in [1.807, 2.05) is 0 Å². The van der Waals surface area contributed by atoms with Gasteiger partial charge >= 0.3 is 17.9 Å². The topological polar surface area (TPSA) is 78.9 Å². The highest BCUT2D eigenvalue weighted by atomic mass is 16.6. The molecular formula is C59H106O6. The summed E-state index contributed by atoms with van der Waals surface area (Å²) in [5, 5.41) is 0. The van der Waals surface area contributed by atoms with Gasteiger partial charge < -0.3 is 14.2 Å². The fourth-order valence-electron chi connectivity index (χ4n) is 8.04. The third kappa shape index (κ3) is 52.2. The van der Waals surface area contributed by atoms with Crippen molar-refractivity contribution in [1.29, 1.82) is 0 Å². The molecule has 0 N–H and O–H groups in total. The van der Waals surface area contributed by atoms with Crippen LogP contribution in [0.3, 0.4) is 0 Å². The molecule has 0 aliphatic carbocycles. The Balaban J connectivity index is 4.31. The van der Waals surface area contributed by atoms with E-state index >= 15 is 0 Å². The highest BCUT2D eigenvalue weighted by Gasteiger charge is 2.19. The van der Waals surface area contributed by atoms with Crippen molar-refractivity contribution >= 4 is 17.9 Å². The Morgan fingerprint density at radius 3 is 0.938 bits per heavy atom. The van der Waals surface area contributed by atoms with Crippen LogP contribution in [-0.2, 0) is 28.6 Å². The summed E-state index contributed by atoms with van der Waals surface area (Å²) >= 11 is 0. The molecule has 0 amide bonds. The van der Waals surface area contributed by atoms with Gasteiger partial charge in [0.25, 0.3) is 0 Å². The predicted molar refractivity (Wildman–Crippen MR) is 279 cm³/mol. The highest BCUT2D eigenvalue weighted by molar-refractivity contribution is 5.71. The fraction of sp³-hybridized carbons (Fsp3) is 0.814. The molecule has 0 radical (unpaired) electrons. The van der Waals surface area contributed by atoms with Crippen LogP contribution < -0.4 is 0 Å². The Morgan fingerprint density at radius 1 is 0.308 bits per heavy atom. The third-order valence-electron chi connectivity index (χ3n) is 12.3. The first-order valence-electron chi connectivity index (χ1n) is 28.1. The quantitative estimate of drug-likeness (QED) is 0.0262. The fourth-order valence-corrected chi connectivity index (χ4v) is 8.04. The van der Waals surface area contributed by atoms with Gasteiger partial charge in [-0.1, -0.05) is 243 Å². The zero-order chi connectivity index (χ0) is 47.2. The van der Waals surface area contributed by atoms with Crippen LogP contribution in [0.5, 0.6) is 0 Å². The summed E-state index contributed by atoms with van der Waals surface area (Å²) in [7, 11) is 0. The minimum absolute atomic E-state index is 0.0796. The Bertz CT molecular complexity index is 1140. The Kier molecular flexibility index (Phi) is 51.8. The number of carbonyl (C=O) groups excluding carboxylic acids is 3. The van der Waals surface area contributed by atoms with Crippen LogP contribution in [0.1, 0.15) is 290 Å². The maximum Gasteiger partial charge on any atom is 0.306 e. The van der Waals surface area contributed by atoms with Crippen LogP contribution in [0.25, 0.3) is 0 Å². The molecule has 0 aromatic heterocycles. The van der Waals surface area contributed by atoms with E-state index < -0.39 is 6.10 Å². The van der Waals surface area contributed by atoms with E-state index in [-0.39, 0.29) is 31.1 Å². The largest absolute Gasteiger partial charge is 0.462 e. The molecule has 6 heteroatoms. The smallest absolute Gasteiger partial charge is 0.306 e. The molecule has 0 aliphatic heterocycles. The van der Waals surface area contributed by atoms with Gasteiger partial charge in [0.2, 0.25) is 0 Å². The van der Waals surface area contributed by atoms with Crippen molar-refractivity contribution in [3.63, 3.8) is 0 Å². The van der Waals surface area contributed by atoms with E-state index in [1.165, 1.54) is 161 Å². The van der Waals surface area contributed by atoms with Crippen LogP contribution in [0.2, 0.25) is 0 Å². The molecule has 0 saturated heterocycles. The molecular weight excluding hydrogens is 805 g/mol. The number of rotatable bonds is 51. The molecule has 1 unspecified atom stereocenters. The predicted octanol–water partition coefficient (Wildman–Crippen LogP) is 18.7. The summed E-state index contributed by atoms with van der Waals surface area (Å²) in [5.41, 5.74) is 0. The first kappa shape index (κ1) is 62.4. The first-order chi connectivity index (χ1) is 32.0. The van der Waals surface area contributed by atoms with E-state index in [1.54, 1.807) is 0 Å². The summed E-state index contributed by atoms with van der Waals surface area (Å²) in [4.78, 5) is 38.0. The zero-order valence-corrected chi connectivity index (χ0v) is 43.3. The van der Waals surface area contributed by atoms with E-state index in [2.05, 4.69) is 69.4 Å². The molecule has 0 aromatic carbocycles. The van der Waals surface area contributed by atoms with Gasteiger partial charge in [-0.2, -0.15) is 0 Å². The van der Waals surface area contributed by atoms with Crippen molar-refractivity contribution < 1.29 is 28.6 Å². The molecule has 0 fully saturated rings. The zero-order valence-electron chi connectivity index (χ0n) is 43.3. The van der Waals surface area contributed by atoms with Crippen LogP contribution >= 0.6 is 0 Å². The molecule has 378 valence electrons. The molecule has 65 heavy (non-hydrogen) atoms. The van der Waals surface area contributed by atoms with Gasteiger partial charge in [-0.05, 0) is 77.0 Å². The van der Waals surface area contributed by atoms with Crippen LogP contribution in [-0.4, -0.2) is 37.2 Å². The number of hydrogen-bond donors (Lipinski definition) is 0. The lowest BCUT2D eigenvalue weighted by Crippen LogP contribution is -2.30. The molecule has 0 aliphatic rings. The molecule has 0 bridgehead atoms. The minimum atomic E-state index is -0.779. The van der Waals surface area contributed by atoms with Gasteiger partial charge in [-0.15, -0.1) is 0 Å². The average Bonchev–Trinajstić information content (AvgIpc) is 3.30. The van der Waals surface area contributed by atoms with Crippen molar-refractivity contribution in [2.24, 2.45) is 0 Å². The molecule has 0 rings (SSSR count). The van der Waals surface area contributed by atoms with Crippen molar-refractivity contribution in [1.82, 2.24) is 0 Å². The minimum Gasteiger partial charge on any atom is -0.462 e. The monoisotopic (exact) mass is 911 g/mol. The molecule has 6 nitrogen and oxygen atoms in total. The molecule has 1 atom stereocenters. The summed E-state index contributed by atoms with van der Waals surface area (Å²) in [6, 6.07) is 0. The second kappa shape index (κ2) is 54.0. The molecule has 0 saturated carbocycles. The van der Waals surface area contributed by atoms with Crippen molar-refractivity contribution in [2.75, 3.05) is 13.2 Å². The normalized spacial score (nSPS) is 12.4. The SMILES string of the molecule is CCC/C=C\CCCCCCCC(=O)OCC(COC(=O)CCCCCCCC/C=C\C/C=C\C/C=C\CCCCCCC)OC(=O)CCCCCCCCCCCCCCCCCC. The van der Waals surface area contributed by atoms with Crippen LogP contribution in [0.15, 0.2) is 48.6 Å². The van der Waals surface area contributed by atoms with Gasteiger partial charge in [0.05, 0.1) is 0 Å². The van der Waals surface area contributed by atoms with E-state index in [0.717, 1.165) is 89.9 Å². The Labute approximate surface area is 403 Å². The van der Waals surface area contributed by atoms with Gasteiger partial charge in [0.1, 0.15) is 13.2 Å². The van der Waals surface area contributed by atoms with Crippen molar-refractivity contribution in [2.45, 2.75) is 297 Å². The van der Waals surface area contributed by atoms with Gasteiger partial charge in [0, 0.05) is 19.3 Å². The average molecular weight is 911 g/mol.